The number of hydrogen-bond acceptors (Lipinski definition) is 5. The number of rotatable bonds is 5. The van der Waals surface area contributed by atoms with Gasteiger partial charge in [-0.3, -0.25) is 14.9 Å². The predicted octanol–water partition coefficient (Wildman–Crippen LogP) is 0.527. The van der Waals surface area contributed by atoms with Crippen molar-refractivity contribution >= 4 is 17.4 Å². The van der Waals surface area contributed by atoms with Crippen molar-refractivity contribution in [1.29, 1.82) is 0 Å². The highest BCUT2D eigenvalue weighted by molar-refractivity contribution is 5.76. The summed E-state index contributed by atoms with van der Waals surface area (Å²) >= 11 is 0. The molecule has 0 bridgehead atoms. The molecule has 0 aliphatic carbocycles. The van der Waals surface area contributed by atoms with Crippen LogP contribution in [0.1, 0.15) is 12.1 Å². The molecule has 0 unspecified atom stereocenters. The van der Waals surface area contributed by atoms with Gasteiger partial charge >= 0.3 is 5.69 Å². The van der Waals surface area contributed by atoms with Crippen LogP contribution in [-0.4, -0.2) is 46.2 Å². The van der Waals surface area contributed by atoms with Crippen LogP contribution in [0.15, 0.2) is 0 Å². The first-order valence-corrected chi connectivity index (χ1v) is 5.46. The van der Waals surface area contributed by atoms with E-state index in [0.717, 1.165) is 0 Å². The lowest BCUT2D eigenvalue weighted by atomic mass is 10.3. The monoisotopic (exact) mass is 255 g/mol. The van der Waals surface area contributed by atoms with Gasteiger partial charge in [-0.25, -0.2) is 4.68 Å². The molecule has 18 heavy (non-hydrogen) atoms. The van der Waals surface area contributed by atoms with Crippen LogP contribution in [0.5, 0.6) is 0 Å². The molecule has 0 atom stereocenters. The van der Waals surface area contributed by atoms with E-state index < -0.39 is 4.92 Å². The second-order valence-electron chi connectivity index (χ2n) is 4.13. The number of aromatic nitrogens is 2. The molecule has 0 aromatic carbocycles. The van der Waals surface area contributed by atoms with Crippen molar-refractivity contribution in [1.82, 2.24) is 14.7 Å². The lowest BCUT2D eigenvalue weighted by Gasteiger charge is -2.10. The predicted molar refractivity (Wildman–Crippen MR) is 66.4 cm³/mol. The third-order valence-electron chi connectivity index (χ3n) is 2.50. The number of nitrogens with one attached hydrogen (secondary N) is 1. The van der Waals surface area contributed by atoms with Gasteiger partial charge in [0.15, 0.2) is 0 Å². The first-order chi connectivity index (χ1) is 8.34. The summed E-state index contributed by atoms with van der Waals surface area (Å²) in [6.45, 7) is 1.91. The maximum absolute atomic E-state index is 11.4. The van der Waals surface area contributed by atoms with Gasteiger partial charge in [0.05, 0.1) is 4.92 Å². The summed E-state index contributed by atoms with van der Waals surface area (Å²) in [6.07, 6.45) is 0.272. The first kappa shape index (κ1) is 13.9. The van der Waals surface area contributed by atoms with E-state index in [9.17, 15) is 14.9 Å². The van der Waals surface area contributed by atoms with Gasteiger partial charge in [0.1, 0.15) is 5.69 Å². The number of aryl methyl sites for hydroxylation is 2. The molecule has 1 aromatic rings. The van der Waals surface area contributed by atoms with Crippen LogP contribution >= 0.6 is 0 Å². The smallest absolute Gasteiger partial charge is 0.333 e. The van der Waals surface area contributed by atoms with E-state index >= 15 is 0 Å². The highest BCUT2D eigenvalue weighted by Gasteiger charge is 2.23. The van der Waals surface area contributed by atoms with Gasteiger partial charge in [0.2, 0.25) is 11.7 Å². The van der Waals surface area contributed by atoms with Crippen molar-refractivity contribution in [3.8, 4) is 0 Å². The summed E-state index contributed by atoms with van der Waals surface area (Å²) in [5.74, 6) is 0.285. The van der Waals surface area contributed by atoms with Gasteiger partial charge in [-0.2, -0.15) is 5.10 Å². The Bertz CT molecular complexity index is 466. The maximum Gasteiger partial charge on any atom is 0.333 e. The molecule has 8 heteroatoms. The Morgan fingerprint density at radius 2 is 2.17 bits per heavy atom. The zero-order valence-electron chi connectivity index (χ0n) is 10.9. The molecule has 1 rings (SSSR count). The molecule has 100 valence electrons. The van der Waals surface area contributed by atoms with Crippen molar-refractivity contribution in [3.63, 3.8) is 0 Å². The summed E-state index contributed by atoms with van der Waals surface area (Å²) in [5.41, 5.74) is 0.304. The summed E-state index contributed by atoms with van der Waals surface area (Å²) in [7, 11) is 4.95. The number of hydrogen-bond donors (Lipinski definition) is 1. The topological polar surface area (TPSA) is 93.3 Å². The minimum Gasteiger partial charge on any atom is -0.364 e. The summed E-state index contributed by atoms with van der Waals surface area (Å²) in [6, 6.07) is 0. The number of amides is 1. The number of nitrogens with zero attached hydrogens (tertiary/aromatic N) is 4. The normalized spacial score (nSPS) is 10.2. The molecular formula is C10H17N5O3. The number of anilines is 1. The highest BCUT2D eigenvalue weighted by atomic mass is 16.6. The third kappa shape index (κ3) is 2.96. The van der Waals surface area contributed by atoms with E-state index in [1.165, 1.54) is 9.58 Å². The molecular weight excluding hydrogens is 238 g/mol. The Morgan fingerprint density at radius 1 is 1.56 bits per heavy atom. The summed E-state index contributed by atoms with van der Waals surface area (Å²) in [5, 5.41) is 17.8. The van der Waals surface area contributed by atoms with E-state index in [1.807, 2.05) is 0 Å². The lowest BCUT2D eigenvalue weighted by molar-refractivity contribution is -0.384. The second-order valence-corrected chi connectivity index (χ2v) is 4.13. The Hall–Kier alpha value is -2.12. The average Bonchev–Trinajstić information content (AvgIpc) is 2.53. The van der Waals surface area contributed by atoms with Crippen molar-refractivity contribution in [2.75, 3.05) is 26.0 Å². The molecule has 0 fully saturated rings. The minimum atomic E-state index is -0.474. The van der Waals surface area contributed by atoms with Crippen LogP contribution < -0.4 is 5.32 Å². The Morgan fingerprint density at radius 3 is 2.67 bits per heavy atom. The Kier molecular flexibility index (Phi) is 4.24. The molecule has 0 spiro atoms. The highest BCUT2D eigenvalue weighted by Crippen LogP contribution is 2.26. The molecule has 0 saturated heterocycles. The summed E-state index contributed by atoms with van der Waals surface area (Å²) in [4.78, 5) is 23.3. The van der Waals surface area contributed by atoms with Crippen LogP contribution in [0, 0.1) is 17.0 Å². The molecule has 0 radical (unpaired) electrons. The number of carbonyl (C=O) groups excluding carboxylic acids is 1. The van der Waals surface area contributed by atoms with Gasteiger partial charge in [0.25, 0.3) is 0 Å². The quantitative estimate of drug-likeness (QED) is 0.611. The van der Waals surface area contributed by atoms with Crippen LogP contribution in [0.25, 0.3) is 0 Å². The van der Waals surface area contributed by atoms with Gasteiger partial charge in [-0.1, -0.05) is 0 Å². The van der Waals surface area contributed by atoms with Crippen molar-refractivity contribution in [2.24, 2.45) is 7.05 Å². The molecule has 1 N–H and O–H groups in total. The maximum atomic E-state index is 11.4. The summed E-state index contributed by atoms with van der Waals surface area (Å²) < 4.78 is 1.41. The van der Waals surface area contributed by atoms with Crippen LogP contribution in [0.3, 0.4) is 0 Å². The Balaban J connectivity index is 2.73. The van der Waals surface area contributed by atoms with Crippen LogP contribution in [-0.2, 0) is 11.8 Å². The molecule has 1 heterocycles. The van der Waals surface area contributed by atoms with Gasteiger partial charge in [0, 0.05) is 34.1 Å². The zero-order valence-corrected chi connectivity index (χ0v) is 10.9. The fraction of sp³-hybridized carbons (Fsp3) is 0.600. The van der Waals surface area contributed by atoms with Crippen molar-refractivity contribution in [3.05, 3.63) is 15.8 Å². The zero-order chi connectivity index (χ0) is 13.9. The van der Waals surface area contributed by atoms with E-state index in [2.05, 4.69) is 10.4 Å². The van der Waals surface area contributed by atoms with Crippen molar-refractivity contribution < 1.29 is 9.72 Å². The lowest BCUT2D eigenvalue weighted by Crippen LogP contribution is -2.24. The van der Waals surface area contributed by atoms with Crippen molar-refractivity contribution in [2.45, 2.75) is 13.3 Å². The number of nitro groups is 1. The molecule has 1 amide bonds. The van der Waals surface area contributed by atoms with Crippen LogP contribution in [0.4, 0.5) is 11.5 Å². The van der Waals surface area contributed by atoms with Gasteiger partial charge in [-0.15, -0.1) is 0 Å². The van der Waals surface area contributed by atoms with Crippen LogP contribution in [0.2, 0.25) is 0 Å². The standard InChI is InChI=1S/C10H17N5O3/c1-7-9(15(17)18)10(14(4)12-7)11-6-5-8(16)13(2)3/h11H,5-6H2,1-4H3. The fourth-order valence-corrected chi connectivity index (χ4v) is 1.58. The molecule has 8 nitrogen and oxygen atoms in total. The minimum absolute atomic E-state index is 0.0379. The van der Waals surface area contributed by atoms with E-state index in [-0.39, 0.29) is 18.0 Å². The molecule has 0 aliphatic rings. The van der Waals surface area contributed by atoms with E-state index in [1.54, 1.807) is 28.1 Å². The van der Waals surface area contributed by atoms with E-state index in [0.29, 0.717) is 18.1 Å². The molecule has 0 saturated carbocycles. The van der Waals surface area contributed by atoms with Gasteiger partial charge < -0.3 is 10.2 Å². The van der Waals surface area contributed by atoms with Gasteiger partial charge in [-0.05, 0) is 6.92 Å². The third-order valence-corrected chi connectivity index (χ3v) is 2.50. The second kappa shape index (κ2) is 5.48. The fourth-order valence-electron chi connectivity index (χ4n) is 1.58. The van der Waals surface area contributed by atoms with E-state index in [4.69, 9.17) is 0 Å². The average molecular weight is 255 g/mol. The largest absolute Gasteiger partial charge is 0.364 e. The Labute approximate surface area is 105 Å². The first-order valence-electron chi connectivity index (χ1n) is 5.46. The SMILES string of the molecule is Cc1nn(C)c(NCCC(=O)N(C)C)c1[N+](=O)[O-]. The molecule has 1 aromatic heterocycles. The molecule has 0 aliphatic heterocycles. The number of carbonyl (C=O) groups is 1.